The van der Waals surface area contributed by atoms with Crippen molar-refractivity contribution in [3.05, 3.63) is 24.3 Å². The van der Waals surface area contributed by atoms with Crippen molar-refractivity contribution in [1.29, 1.82) is 0 Å². The Labute approximate surface area is 166 Å². The Kier molecular flexibility index (Phi) is 4.89. The van der Waals surface area contributed by atoms with Gasteiger partial charge in [0.15, 0.2) is 0 Å². The lowest BCUT2D eigenvalue weighted by Crippen LogP contribution is -2.60. The summed E-state index contributed by atoms with van der Waals surface area (Å²) < 4.78 is 6.16. The molecule has 2 saturated carbocycles. The molecule has 152 valence electrons. The molecular formula is C21H30N4O3. The monoisotopic (exact) mass is 386 g/mol. The quantitative estimate of drug-likeness (QED) is 0.807. The predicted molar refractivity (Wildman–Crippen MR) is 103 cm³/mol. The van der Waals surface area contributed by atoms with E-state index in [1.54, 1.807) is 6.92 Å². The summed E-state index contributed by atoms with van der Waals surface area (Å²) in [4.78, 5) is 31.9. The number of ether oxygens (including phenoxy) is 1. The minimum Gasteiger partial charge on any atom is -0.378 e. The van der Waals surface area contributed by atoms with E-state index in [1.807, 2.05) is 0 Å². The van der Waals surface area contributed by atoms with Crippen LogP contribution in [0.5, 0.6) is 0 Å². The number of aromatic nitrogens is 2. The molecule has 3 aliphatic rings. The van der Waals surface area contributed by atoms with Gasteiger partial charge in [-0.3, -0.25) is 9.59 Å². The molecule has 3 fully saturated rings. The minimum atomic E-state index is -0.156. The summed E-state index contributed by atoms with van der Waals surface area (Å²) in [6, 6.07) is 0.198. The summed E-state index contributed by atoms with van der Waals surface area (Å²) in [5, 5.41) is 6.25. The highest BCUT2D eigenvalue weighted by Gasteiger charge is 2.68. The lowest BCUT2D eigenvalue weighted by atomic mass is 9.59. The van der Waals surface area contributed by atoms with E-state index in [4.69, 9.17) is 4.74 Å². The number of fused-ring (bicyclic) bond motifs is 1. The fraction of sp³-hybridized carbons (Fsp3) is 0.714. The number of hydrogen-bond acceptors (Lipinski definition) is 5. The lowest BCUT2D eigenvalue weighted by Gasteiger charge is -2.53. The molecule has 4 rings (SSSR count). The molecule has 1 saturated heterocycles. The summed E-state index contributed by atoms with van der Waals surface area (Å²) in [6.07, 6.45) is 8.68. The molecule has 1 aromatic rings. The summed E-state index contributed by atoms with van der Waals surface area (Å²) in [5.41, 5.74) is 0.710. The maximum atomic E-state index is 12.2. The summed E-state index contributed by atoms with van der Waals surface area (Å²) in [5.74, 6) is 0.943. The maximum absolute atomic E-state index is 12.2. The van der Waals surface area contributed by atoms with Crippen LogP contribution in [-0.4, -0.2) is 47.1 Å². The van der Waals surface area contributed by atoms with Gasteiger partial charge in [0.05, 0.1) is 11.7 Å². The first-order valence-electron chi connectivity index (χ1n) is 10.3. The fourth-order valence-corrected chi connectivity index (χ4v) is 6.24. The topological polar surface area (TPSA) is 93.2 Å². The van der Waals surface area contributed by atoms with Gasteiger partial charge in [0.2, 0.25) is 5.91 Å². The van der Waals surface area contributed by atoms with Crippen LogP contribution in [0.3, 0.4) is 0 Å². The van der Waals surface area contributed by atoms with Crippen LogP contribution in [0, 0.1) is 22.7 Å². The third-order valence-corrected chi connectivity index (χ3v) is 7.51. The zero-order valence-electron chi connectivity index (χ0n) is 16.9. The van der Waals surface area contributed by atoms with Crippen LogP contribution in [0.4, 0.5) is 0 Å². The molecule has 2 aliphatic carbocycles. The van der Waals surface area contributed by atoms with Gasteiger partial charge in [0, 0.05) is 38.5 Å². The second-order valence-corrected chi connectivity index (χ2v) is 9.26. The van der Waals surface area contributed by atoms with E-state index in [0.717, 1.165) is 25.9 Å². The van der Waals surface area contributed by atoms with Crippen LogP contribution in [0.15, 0.2) is 18.7 Å². The van der Waals surface area contributed by atoms with Crippen LogP contribution in [0.2, 0.25) is 0 Å². The highest BCUT2D eigenvalue weighted by molar-refractivity contribution is 5.93. The van der Waals surface area contributed by atoms with E-state index in [2.05, 4.69) is 34.4 Å². The Morgan fingerprint density at radius 1 is 1.29 bits per heavy atom. The van der Waals surface area contributed by atoms with Crippen LogP contribution < -0.4 is 10.6 Å². The highest BCUT2D eigenvalue weighted by Crippen LogP contribution is 2.68. The molecule has 0 aromatic carbocycles. The Morgan fingerprint density at radius 3 is 2.75 bits per heavy atom. The van der Waals surface area contributed by atoms with Gasteiger partial charge in [-0.25, -0.2) is 9.97 Å². The molecule has 7 heteroatoms. The average molecular weight is 386 g/mol. The van der Waals surface area contributed by atoms with Crippen LogP contribution in [0.25, 0.3) is 0 Å². The van der Waals surface area contributed by atoms with Gasteiger partial charge in [0.25, 0.3) is 5.91 Å². The number of rotatable bonds is 5. The van der Waals surface area contributed by atoms with Crippen molar-refractivity contribution in [3.63, 3.8) is 0 Å². The van der Waals surface area contributed by atoms with Gasteiger partial charge in [-0.2, -0.15) is 0 Å². The second-order valence-electron chi connectivity index (χ2n) is 9.26. The Bertz CT molecular complexity index is 753. The molecule has 1 aliphatic heterocycles. The van der Waals surface area contributed by atoms with Gasteiger partial charge in [-0.15, -0.1) is 0 Å². The first-order chi connectivity index (χ1) is 13.3. The van der Waals surface area contributed by atoms with Gasteiger partial charge in [-0.05, 0) is 48.3 Å². The van der Waals surface area contributed by atoms with Crippen molar-refractivity contribution in [2.75, 3.05) is 13.2 Å². The van der Waals surface area contributed by atoms with E-state index < -0.39 is 0 Å². The summed E-state index contributed by atoms with van der Waals surface area (Å²) in [7, 11) is 0. The van der Waals surface area contributed by atoms with E-state index in [1.165, 1.54) is 25.1 Å². The summed E-state index contributed by atoms with van der Waals surface area (Å²) >= 11 is 0. The molecule has 1 unspecified atom stereocenters. The number of nitrogens with one attached hydrogen (secondary N) is 2. The normalized spacial score (nSPS) is 35.2. The van der Waals surface area contributed by atoms with Crippen molar-refractivity contribution >= 4 is 11.8 Å². The van der Waals surface area contributed by atoms with E-state index >= 15 is 0 Å². The third kappa shape index (κ3) is 3.09. The number of carbonyl (C=O) groups is 2. The first-order valence-corrected chi connectivity index (χ1v) is 10.3. The molecule has 1 spiro atoms. The Morgan fingerprint density at radius 2 is 2.04 bits per heavy atom. The van der Waals surface area contributed by atoms with Crippen LogP contribution in [-0.2, 0) is 9.53 Å². The Balaban J connectivity index is 1.42. The predicted octanol–water partition coefficient (Wildman–Crippen LogP) is 1.94. The first kappa shape index (κ1) is 19.3. The van der Waals surface area contributed by atoms with Gasteiger partial charge in [-0.1, -0.05) is 13.8 Å². The van der Waals surface area contributed by atoms with Crippen molar-refractivity contribution < 1.29 is 14.3 Å². The molecule has 0 radical (unpaired) electrons. The van der Waals surface area contributed by atoms with Crippen LogP contribution >= 0.6 is 0 Å². The van der Waals surface area contributed by atoms with Gasteiger partial charge >= 0.3 is 0 Å². The van der Waals surface area contributed by atoms with Gasteiger partial charge < -0.3 is 15.4 Å². The number of carbonyl (C=O) groups excluding carboxylic acids is 2. The molecule has 28 heavy (non-hydrogen) atoms. The Hall–Kier alpha value is -2.02. The number of hydrogen-bond donors (Lipinski definition) is 2. The highest BCUT2D eigenvalue weighted by atomic mass is 16.5. The third-order valence-electron chi connectivity index (χ3n) is 7.51. The maximum Gasteiger partial charge on any atom is 0.254 e. The van der Waals surface area contributed by atoms with Crippen molar-refractivity contribution in [2.24, 2.45) is 22.7 Å². The SMILES string of the molecule is CC(=O)N[C@H]1C(C)(C)[C@@H]2C[C@@H]3[C@@H](CCNC(=O)c4cncnc4)OCCC31C2. The fourth-order valence-electron chi connectivity index (χ4n) is 6.24. The smallest absolute Gasteiger partial charge is 0.254 e. The molecule has 7 nitrogen and oxygen atoms in total. The largest absolute Gasteiger partial charge is 0.378 e. The molecular weight excluding hydrogens is 356 g/mol. The molecule has 2 amide bonds. The van der Waals surface area contributed by atoms with Crippen molar-refractivity contribution in [3.8, 4) is 0 Å². The van der Waals surface area contributed by atoms with Crippen molar-refractivity contribution in [2.45, 2.75) is 58.6 Å². The molecule has 5 atom stereocenters. The standard InChI is InChI=1S/C21H30N4O3/c1-13(26)25-19-20(2,3)15-8-16-17(28-7-5-21(16,19)9-15)4-6-24-18(27)14-10-22-12-23-11-14/h10-12,15-17,19H,4-9H2,1-3H3,(H,24,27)(H,25,26)/t15-,16-,17-,19+,21?/m1/s1. The lowest BCUT2D eigenvalue weighted by molar-refractivity contribution is -0.135. The van der Waals surface area contributed by atoms with Crippen molar-refractivity contribution in [1.82, 2.24) is 20.6 Å². The average Bonchev–Trinajstić information content (AvgIpc) is 3.16. The number of amides is 2. The van der Waals surface area contributed by atoms with Gasteiger partial charge in [0.1, 0.15) is 6.33 Å². The second kappa shape index (κ2) is 7.10. The van der Waals surface area contributed by atoms with E-state index in [-0.39, 0.29) is 34.8 Å². The molecule has 1 aromatic heterocycles. The zero-order valence-corrected chi connectivity index (χ0v) is 16.9. The minimum absolute atomic E-state index is 0.0548. The van der Waals surface area contributed by atoms with E-state index in [9.17, 15) is 9.59 Å². The van der Waals surface area contributed by atoms with E-state index in [0.29, 0.717) is 23.9 Å². The number of nitrogens with zero attached hydrogens (tertiary/aromatic N) is 2. The van der Waals surface area contributed by atoms with Crippen LogP contribution in [0.1, 0.15) is 56.8 Å². The summed E-state index contributed by atoms with van der Waals surface area (Å²) in [6.45, 7) is 7.50. The zero-order chi connectivity index (χ0) is 19.9. The molecule has 2 heterocycles. The molecule has 2 bridgehead atoms. The molecule has 2 N–H and O–H groups in total.